The van der Waals surface area contributed by atoms with Crippen LogP contribution in [0.15, 0.2) is 82.4 Å². The summed E-state index contributed by atoms with van der Waals surface area (Å²) in [6, 6.07) is 16.5. The van der Waals surface area contributed by atoms with Crippen molar-refractivity contribution in [3.63, 3.8) is 0 Å². The number of para-hydroxylation sites is 1. The van der Waals surface area contributed by atoms with E-state index in [2.05, 4.69) is 27.1 Å². The largest absolute Gasteiger partial charge is 0.492 e. The van der Waals surface area contributed by atoms with E-state index in [9.17, 15) is 14.7 Å². The lowest BCUT2D eigenvalue weighted by atomic mass is 10.0. The molecule has 0 unspecified atom stereocenters. The van der Waals surface area contributed by atoms with Crippen LogP contribution in [0.4, 0.5) is 0 Å². The molecule has 2 aromatic carbocycles. The van der Waals surface area contributed by atoms with Crippen LogP contribution in [0.25, 0.3) is 16.6 Å². The summed E-state index contributed by atoms with van der Waals surface area (Å²) in [6.07, 6.45) is 5.57. The summed E-state index contributed by atoms with van der Waals surface area (Å²) in [5, 5.41) is 14.9. The standard InChI is InChI=1S/C31H24ClN5O4/c1-19-8-9-21(15-20(19)10-11-23-18-34-27-7-2-3-13-36(23)27)29(38)33-12-14-37-30(39)26(41-31(37)40)16-22-17-35-28-24(22)5-4-6-25(28)32/h2-9,13,15,17-18,35,39H,12,14,16H2,1H3,(H,33,38). The van der Waals surface area contributed by atoms with Crippen molar-refractivity contribution in [3.8, 4) is 17.7 Å². The van der Waals surface area contributed by atoms with Crippen LogP contribution in [0.5, 0.6) is 5.88 Å². The molecule has 0 saturated heterocycles. The van der Waals surface area contributed by atoms with Gasteiger partial charge in [0.2, 0.25) is 5.88 Å². The van der Waals surface area contributed by atoms with Gasteiger partial charge >= 0.3 is 5.76 Å². The number of oxazole rings is 1. The number of pyridine rings is 1. The van der Waals surface area contributed by atoms with Crippen LogP contribution in [0.1, 0.15) is 38.5 Å². The number of benzene rings is 2. The number of carbonyl (C=O) groups is 1. The molecular weight excluding hydrogens is 542 g/mol. The SMILES string of the molecule is Cc1ccc(C(=O)NCCn2c(O)c(Cc3c[nH]c4c(Cl)cccc34)oc2=O)cc1C#Cc1cnc2ccccn12. The molecule has 1 amide bonds. The van der Waals surface area contributed by atoms with Crippen LogP contribution in [0, 0.1) is 18.8 Å². The predicted molar refractivity (Wildman–Crippen MR) is 155 cm³/mol. The van der Waals surface area contributed by atoms with Crippen molar-refractivity contribution in [1.82, 2.24) is 24.3 Å². The van der Waals surface area contributed by atoms with Gasteiger partial charge in [-0.05, 0) is 54.3 Å². The molecule has 6 aromatic rings. The van der Waals surface area contributed by atoms with Gasteiger partial charge in [-0.3, -0.25) is 9.20 Å². The molecule has 0 spiro atoms. The number of halogens is 1. The molecule has 0 aliphatic carbocycles. The van der Waals surface area contributed by atoms with E-state index in [1.54, 1.807) is 30.6 Å². The lowest BCUT2D eigenvalue weighted by Gasteiger charge is -2.07. The highest BCUT2D eigenvalue weighted by atomic mass is 35.5. The molecule has 0 aliphatic rings. The molecule has 0 radical (unpaired) electrons. The Hall–Kier alpha value is -5.20. The number of aromatic nitrogens is 4. The third-order valence-electron chi connectivity index (χ3n) is 6.90. The Kier molecular flexibility index (Phi) is 6.83. The van der Waals surface area contributed by atoms with Crippen LogP contribution < -0.4 is 11.1 Å². The second-order valence-electron chi connectivity index (χ2n) is 9.53. The summed E-state index contributed by atoms with van der Waals surface area (Å²) >= 11 is 6.23. The number of fused-ring (bicyclic) bond motifs is 2. The Balaban J connectivity index is 1.13. The Morgan fingerprint density at radius 2 is 2.05 bits per heavy atom. The first-order valence-corrected chi connectivity index (χ1v) is 13.3. The van der Waals surface area contributed by atoms with Gasteiger partial charge in [0.05, 0.1) is 16.7 Å². The van der Waals surface area contributed by atoms with E-state index in [1.165, 1.54) is 0 Å². The maximum Gasteiger partial charge on any atom is 0.422 e. The second kappa shape index (κ2) is 10.8. The lowest BCUT2D eigenvalue weighted by molar-refractivity contribution is 0.0951. The van der Waals surface area contributed by atoms with Gasteiger partial charge < -0.3 is 19.8 Å². The number of H-pyrrole nitrogens is 1. The van der Waals surface area contributed by atoms with Crippen molar-refractivity contribution in [2.24, 2.45) is 0 Å². The monoisotopic (exact) mass is 565 g/mol. The van der Waals surface area contributed by atoms with Crippen LogP contribution in [-0.4, -0.2) is 36.5 Å². The summed E-state index contributed by atoms with van der Waals surface area (Å²) < 4.78 is 8.32. The fourth-order valence-electron chi connectivity index (χ4n) is 4.69. The van der Waals surface area contributed by atoms with Crippen molar-refractivity contribution in [3.05, 3.63) is 122 Å². The molecule has 3 N–H and O–H groups in total. The zero-order chi connectivity index (χ0) is 28.5. The highest BCUT2D eigenvalue weighted by Gasteiger charge is 2.18. The van der Waals surface area contributed by atoms with Gasteiger partial charge in [0, 0.05) is 48.4 Å². The van der Waals surface area contributed by atoms with Crippen molar-refractivity contribution in [2.45, 2.75) is 19.9 Å². The van der Waals surface area contributed by atoms with Gasteiger partial charge in [-0.2, -0.15) is 0 Å². The molecule has 4 heterocycles. The zero-order valence-electron chi connectivity index (χ0n) is 21.9. The number of hydrogen-bond acceptors (Lipinski definition) is 5. The third-order valence-corrected chi connectivity index (χ3v) is 7.22. The van der Waals surface area contributed by atoms with Crippen molar-refractivity contribution in [1.29, 1.82) is 0 Å². The molecule has 0 aliphatic heterocycles. The molecule has 204 valence electrons. The Bertz CT molecular complexity index is 2050. The van der Waals surface area contributed by atoms with Gasteiger partial charge in [-0.25, -0.2) is 14.3 Å². The summed E-state index contributed by atoms with van der Waals surface area (Å²) in [5.41, 5.74) is 5.23. The molecule has 0 saturated carbocycles. The fraction of sp³-hybridized carbons (Fsp3) is 0.129. The van der Waals surface area contributed by atoms with Crippen LogP contribution in [0.3, 0.4) is 0 Å². The van der Waals surface area contributed by atoms with E-state index in [0.29, 0.717) is 10.6 Å². The van der Waals surface area contributed by atoms with Gasteiger partial charge in [0.25, 0.3) is 5.91 Å². The number of aryl methyl sites for hydroxylation is 1. The number of imidazole rings is 1. The summed E-state index contributed by atoms with van der Waals surface area (Å²) in [5.74, 6) is 5.10. The van der Waals surface area contributed by atoms with Crippen molar-refractivity contribution >= 4 is 34.1 Å². The third kappa shape index (κ3) is 5.09. The zero-order valence-corrected chi connectivity index (χ0v) is 22.7. The number of amides is 1. The normalized spacial score (nSPS) is 11.1. The molecule has 41 heavy (non-hydrogen) atoms. The van der Waals surface area contributed by atoms with E-state index < -0.39 is 5.76 Å². The minimum Gasteiger partial charge on any atom is -0.492 e. The summed E-state index contributed by atoms with van der Waals surface area (Å²) in [7, 11) is 0. The van der Waals surface area contributed by atoms with Gasteiger partial charge in [0.1, 0.15) is 11.3 Å². The number of nitrogens with one attached hydrogen (secondary N) is 2. The predicted octanol–water partition coefficient (Wildman–Crippen LogP) is 4.66. The molecule has 0 atom stereocenters. The first-order valence-electron chi connectivity index (χ1n) is 12.9. The van der Waals surface area contributed by atoms with Gasteiger partial charge in [-0.15, -0.1) is 0 Å². The van der Waals surface area contributed by atoms with E-state index in [-0.39, 0.29) is 37.1 Å². The van der Waals surface area contributed by atoms with E-state index >= 15 is 0 Å². The molecule has 10 heteroatoms. The number of rotatable bonds is 6. The number of hydrogen-bond donors (Lipinski definition) is 3. The first kappa shape index (κ1) is 26.0. The van der Waals surface area contributed by atoms with Crippen LogP contribution in [0.2, 0.25) is 5.02 Å². The molecule has 6 rings (SSSR count). The minimum absolute atomic E-state index is 0.0342. The Morgan fingerprint density at radius 3 is 2.93 bits per heavy atom. The molecule has 0 bridgehead atoms. The topological polar surface area (TPSA) is 118 Å². The smallest absolute Gasteiger partial charge is 0.422 e. The quantitative estimate of drug-likeness (QED) is 0.254. The van der Waals surface area contributed by atoms with Crippen LogP contribution >= 0.6 is 11.6 Å². The summed E-state index contributed by atoms with van der Waals surface area (Å²) in [6.45, 7) is 2.06. The molecular formula is C31H24ClN5O4. The maximum absolute atomic E-state index is 12.9. The lowest BCUT2D eigenvalue weighted by Crippen LogP contribution is -2.29. The molecule has 9 nitrogen and oxygen atoms in total. The number of aromatic hydroxyl groups is 1. The number of nitrogens with zero attached hydrogens (tertiary/aromatic N) is 3. The van der Waals surface area contributed by atoms with Crippen molar-refractivity contribution in [2.75, 3.05) is 6.54 Å². The second-order valence-corrected chi connectivity index (χ2v) is 9.93. The average molecular weight is 566 g/mol. The summed E-state index contributed by atoms with van der Waals surface area (Å²) in [4.78, 5) is 32.8. The highest BCUT2D eigenvalue weighted by Crippen LogP contribution is 2.28. The Labute approximate surface area is 239 Å². The van der Waals surface area contributed by atoms with E-state index in [4.69, 9.17) is 16.0 Å². The van der Waals surface area contributed by atoms with Gasteiger partial charge in [-0.1, -0.05) is 41.8 Å². The fourth-order valence-corrected chi connectivity index (χ4v) is 4.92. The average Bonchev–Trinajstić information content (AvgIpc) is 3.65. The van der Waals surface area contributed by atoms with Crippen molar-refractivity contribution < 1.29 is 14.3 Å². The van der Waals surface area contributed by atoms with Crippen LogP contribution in [-0.2, 0) is 13.0 Å². The molecule has 0 fully saturated rings. The highest BCUT2D eigenvalue weighted by molar-refractivity contribution is 6.35. The number of aromatic amines is 1. The molecule has 4 aromatic heterocycles. The van der Waals surface area contributed by atoms with E-state index in [1.807, 2.05) is 53.9 Å². The number of carbonyl (C=O) groups excluding carboxylic acids is 1. The van der Waals surface area contributed by atoms with Gasteiger partial charge in [0.15, 0.2) is 5.76 Å². The minimum atomic E-state index is -0.704. The first-order chi connectivity index (χ1) is 19.9. The maximum atomic E-state index is 12.9. The van der Waals surface area contributed by atoms with E-state index in [0.717, 1.165) is 43.5 Å². The Morgan fingerprint density at radius 1 is 1.17 bits per heavy atom.